The number of amides is 1. The van der Waals surface area contributed by atoms with Crippen LogP contribution in [0.1, 0.15) is 19.8 Å². The van der Waals surface area contributed by atoms with Crippen LogP contribution in [0.5, 0.6) is 0 Å². The Morgan fingerprint density at radius 1 is 1.67 bits per heavy atom. The molecule has 0 aliphatic heterocycles. The number of alkyl halides is 1. The molecule has 1 aliphatic rings. The van der Waals surface area contributed by atoms with Gasteiger partial charge in [-0.15, -0.1) is 0 Å². The fraction of sp³-hybridized carbons (Fsp3) is 0.875. The van der Waals surface area contributed by atoms with Crippen molar-refractivity contribution in [3.05, 3.63) is 0 Å². The van der Waals surface area contributed by atoms with Crippen LogP contribution in [0, 0.1) is 0 Å². The highest BCUT2D eigenvalue weighted by Crippen LogP contribution is 2.22. The standard InChI is InChI=1S/C8H14BrNO2/c1-5(9)8(11)10-6-3-7(4-6)12-2/h5-7H,3-4H2,1-2H3,(H,10,11). The largest absolute Gasteiger partial charge is 0.381 e. The van der Waals surface area contributed by atoms with Crippen LogP contribution in [0.25, 0.3) is 0 Å². The van der Waals surface area contributed by atoms with E-state index in [1.165, 1.54) is 0 Å². The smallest absolute Gasteiger partial charge is 0.233 e. The van der Waals surface area contributed by atoms with Crippen LogP contribution in [0.3, 0.4) is 0 Å². The quantitative estimate of drug-likeness (QED) is 0.744. The van der Waals surface area contributed by atoms with Gasteiger partial charge < -0.3 is 10.1 Å². The van der Waals surface area contributed by atoms with Crippen molar-refractivity contribution in [2.75, 3.05) is 7.11 Å². The highest BCUT2D eigenvalue weighted by atomic mass is 79.9. The lowest BCUT2D eigenvalue weighted by molar-refractivity contribution is -0.122. The molecule has 1 unspecified atom stereocenters. The average molecular weight is 236 g/mol. The van der Waals surface area contributed by atoms with Crippen LogP contribution in [0.15, 0.2) is 0 Å². The van der Waals surface area contributed by atoms with Crippen LogP contribution >= 0.6 is 15.9 Å². The van der Waals surface area contributed by atoms with E-state index in [4.69, 9.17) is 4.74 Å². The molecule has 0 saturated heterocycles. The summed E-state index contributed by atoms with van der Waals surface area (Å²) in [5.74, 6) is 0.0644. The molecule has 0 aromatic carbocycles. The third-order valence-electron chi connectivity index (χ3n) is 2.14. The van der Waals surface area contributed by atoms with E-state index in [1.807, 2.05) is 6.92 Å². The second-order valence-corrected chi connectivity index (χ2v) is 4.52. The van der Waals surface area contributed by atoms with Crippen molar-refractivity contribution in [2.24, 2.45) is 0 Å². The molecule has 0 radical (unpaired) electrons. The van der Waals surface area contributed by atoms with Gasteiger partial charge in [0.2, 0.25) is 5.91 Å². The summed E-state index contributed by atoms with van der Waals surface area (Å²) in [6.45, 7) is 1.82. The van der Waals surface area contributed by atoms with Gasteiger partial charge in [0.05, 0.1) is 10.9 Å². The molecule has 4 heteroatoms. The van der Waals surface area contributed by atoms with Gasteiger partial charge in [0.25, 0.3) is 0 Å². The molecule has 1 atom stereocenters. The second-order valence-electron chi connectivity index (χ2n) is 3.15. The fourth-order valence-electron chi connectivity index (χ4n) is 1.19. The molecule has 0 heterocycles. The van der Waals surface area contributed by atoms with E-state index in [2.05, 4.69) is 21.2 Å². The van der Waals surface area contributed by atoms with Crippen LogP contribution in [-0.2, 0) is 9.53 Å². The van der Waals surface area contributed by atoms with Crippen LogP contribution in [0.2, 0.25) is 0 Å². The third-order valence-corrected chi connectivity index (χ3v) is 2.55. The minimum absolute atomic E-state index is 0.0644. The van der Waals surface area contributed by atoms with E-state index in [0.717, 1.165) is 12.8 Å². The van der Waals surface area contributed by atoms with Gasteiger partial charge in [-0.3, -0.25) is 4.79 Å². The van der Waals surface area contributed by atoms with Crippen molar-refractivity contribution >= 4 is 21.8 Å². The molecule has 3 nitrogen and oxygen atoms in total. The molecule has 1 rings (SSSR count). The number of rotatable bonds is 3. The molecule has 1 fully saturated rings. The normalized spacial score (nSPS) is 30.6. The summed E-state index contributed by atoms with van der Waals surface area (Å²) >= 11 is 3.21. The van der Waals surface area contributed by atoms with Gasteiger partial charge in [-0.25, -0.2) is 0 Å². The number of hydrogen-bond acceptors (Lipinski definition) is 2. The minimum atomic E-state index is -0.0981. The lowest BCUT2D eigenvalue weighted by Gasteiger charge is -2.34. The molecule has 0 aromatic heterocycles. The summed E-state index contributed by atoms with van der Waals surface area (Å²) in [7, 11) is 1.70. The SMILES string of the molecule is COC1CC(NC(=O)C(C)Br)C1. The van der Waals surface area contributed by atoms with E-state index in [9.17, 15) is 4.79 Å². The Hall–Kier alpha value is -0.0900. The monoisotopic (exact) mass is 235 g/mol. The van der Waals surface area contributed by atoms with Gasteiger partial charge in [0, 0.05) is 13.2 Å². The van der Waals surface area contributed by atoms with E-state index in [-0.39, 0.29) is 10.7 Å². The predicted molar refractivity (Wildman–Crippen MR) is 50.4 cm³/mol. The number of carbonyl (C=O) groups excluding carboxylic acids is 1. The Morgan fingerprint density at radius 2 is 2.25 bits per heavy atom. The van der Waals surface area contributed by atoms with Crippen molar-refractivity contribution in [3.8, 4) is 0 Å². The molecule has 1 amide bonds. The predicted octanol–water partition coefficient (Wildman–Crippen LogP) is 1.06. The van der Waals surface area contributed by atoms with Gasteiger partial charge in [0.1, 0.15) is 0 Å². The first-order valence-corrected chi connectivity index (χ1v) is 5.02. The third kappa shape index (κ3) is 2.45. The van der Waals surface area contributed by atoms with Crippen LogP contribution in [-0.4, -0.2) is 30.0 Å². The van der Waals surface area contributed by atoms with Gasteiger partial charge >= 0.3 is 0 Å². The lowest BCUT2D eigenvalue weighted by Crippen LogP contribution is -2.49. The van der Waals surface area contributed by atoms with E-state index >= 15 is 0 Å². The van der Waals surface area contributed by atoms with E-state index < -0.39 is 0 Å². The summed E-state index contributed by atoms with van der Waals surface area (Å²) in [5.41, 5.74) is 0. The molecular weight excluding hydrogens is 222 g/mol. The number of carbonyl (C=O) groups is 1. The average Bonchev–Trinajstić information content (AvgIpc) is 1.94. The summed E-state index contributed by atoms with van der Waals surface area (Å²) in [6.07, 6.45) is 2.24. The van der Waals surface area contributed by atoms with Crippen molar-refractivity contribution in [1.82, 2.24) is 5.32 Å². The lowest BCUT2D eigenvalue weighted by atomic mass is 9.89. The molecule has 12 heavy (non-hydrogen) atoms. The zero-order valence-electron chi connectivity index (χ0n) is 7.34. The van der Waals surface area contributed by atoms with Crippen LogP contribution in [0.4, 0.5) is 0 Å². The van der Waals surface area contributed by atoms with Crippen LogP contribution < -0.4 is 5.32 Å². The molecule has 0 aromatic rings. The van der Waals surface area contributed by atoms with Gasteiger partial charge in [0.15, 0.2) is 0 Å². The first-order chi connectivity index (χ1) is 5.63. The Labute approximate surface area is 81.0 Å². The molecule has 70 valence electrons. The first kappa shape index (κ1) is 9.99. The molecule has 1 N–H and O–H groups in total. The summed E-state index contributed by atoms with van der Waals surface area (Å²) in [5, 5.41) is 2.91. The summed E-state index contributed by atoms with van der Waals surface area (Å²) in [4.78, 5) is 11.0. The molecule has 0 bridgehead atoms. The van der Waals surface area contributed by atoms with Crippen molar-refractivity contribution < 1.29 is 9.53 Å². The minimum Gasteiger partial charge on any atom is -0.381 e. The topological polar surface area (TPSA) is 38.3 Å². The number of methoxy groups -OCH3 is 1. The Balaban J connectivity index is 2.14. The maximum Gasteiger partial charge on any atom is 0.233 e. The number of halogens is 1. The Bertz CT molecular complexity index is 166. The fourth-order valence-corrected chi connectivity index (χ4v) is 1.32. The molecular formula is C8H14BrNO2. The first-order valence-electron chi connectivity index (χ1n) is 4.10. The highest BCUT2D eigenvalue weighted by molar-refractivity contribution is 9.10. The zero-order valence-corrected chi connectivity index (χ0v) is 8.93. The van der Waals surface area contributed by atoms with Crippen molar-refractivity contribution in [3.63, 3.8) is 0 Å². The molecule has 1 aliphatic carbocycles. The van der Waals surface area contributed by atoms with E-state index in [0.29, 0.717) is 12.1 Å². The second kappa shape index (κ2) is 4.23. The summed E-state index contributed by atoms with van der Waals surface area (Å²) < 4.78 is 5.10. The van der Waals surface area contributed by atoms with Gasteiger partial charge in [-0.05, 0) is 19.8 Å². The maximum absolute atomic E-state index is 11.1. The summed E-state index contributed by atoms with van der Waals surface area (Å²) in [6, 6.07) is 0.322. The molecule has 1 saturated carbocycles. The van der Waals surface area contributed by atoms with Crippen molar-refractivity contribution in [1.29, 1.82) is 0 Å². The van der Waals surface area contributed by atoms with E-state index in [1.54, 1.807) is 7.11 Å². The number of ether oxygens (including phenoxy) is 1. The van der Waals surface area contributed by atoms with Gasteiger partial charge in [-0.2, -0.15) is 0 Å². The Morgan fingerprint density at radius 3 is 2.67 bits per heavy atom. The van der Waals surface area contributed by atoms with Crippen molar-refractivity contribution in [2.45, 2.75) is 36.7 Å². The molecule has 0 spiro atoms. The number of hydrogen-bond donors (Lipinski definition) is 1. The van der Waals surface area contributed by atoms with Gasteiger partial charge in [-0.1, -0.05) is 15.9 Å². The number of nitrogens with one attached hydrogen (secondary N) is 1. The maximum atomic E-state index is 11.1. The Kier molecular flexibility index (Phi) is 3.53. The highest BCUT2D eigenvalue weighted by Gasteiger charge is 2.30. The zero-order chi connectivity index (χ0) is 9.14.